The molecule has 0 bridgehead atoms. The van der Waals surface area contributed by atoms with Crippen LogP contribution in [-0.2, 0) is 13.0 Å². The Bertz CT molecular complexity index is 246. The van der Waals surface area contributed by atoms with Crippen LogP contribution in [0.5, 0.6) is 0 Å². The summed E-state index contributed by atoms with van der Waals surface area (Å²) in [5.74, 6) is 0. The van der Waals surface area contributed by atoms with Crippen molar-refractivity contribution in [2.75, 3.05) is 6.54 Å². The third kappa shape index (κ3) is 3.15. The summed E-state index contributed by atoms with van der Waals surface area (Å²) >= 11 is 0. The van der Waals surface area contributed by atoms with Crippen LogP contribution in [0.15, 0.2) is 18.3 Å². The van der Waals surface area contributed by atoms with E-state index in [1.807, 2.05) is 12.3 Å². The molecule has 0 aliphatic heterocycles. The second kappa shape index (κ2) is 5.70. The maximum Gasteiger partial charge on any atom is 0.0573 e. The van der Waals surface area contributed by atoms with Crippen LogP contribution >= 0.6 is 0 Å². The molecule has 0 atom stereocenters. The monoisotopic (exact) mass is 178 g/mol. The lowest BCUT2D eigenvalue weighted by atomic mass is 10.1. The van der Waals surface area contributed by atoms with Crippen molar-refractivity contribution < 1.29 is 0 Å². The summed E-state index contributed by atoms with van der Waals surface area (Å²) in [6.45, 7) is 6.31. The number of hydrogen-bond acceptors (Lipinski definition) is 2. The van der Waals surface area contributed by atoms with Crippen LogP contribution < -0.4 is 5.32 Å². The maximum absolute atomic E-state index is 4.36. The highest BCUT2D eigenvalue weighted by Gasteiger charge is 1.99. The Labute approximate surface area is 80.4 Å². The van der Waals surface area contributed by atoms with E-state index in [4.69, 9.17) is 0 Å². The van der Waals surface area contributed by atoms with E-state index in [1.54, 1.807) is 0 Å². The van der Waals surface area contributed by atoms with Gasteiger partial charge in [0.05, 0.1) is 5.69 Å². The molecule has 1 rings (SSSR count). The number of nitrogens with zero attached hydrogens (tertiary/aromatic N) is 1. The Balaban J connectivity index is 2.54. The Morgan fingerprint density at radius 1 is 1.38 bits per heavy atom. The molecule has 1 aromatic rings. The predicted molar refractivity (Wildman–Crippen MR) is 55.6 cm³/mol. The van der Waals surface area contributed by atoms with Crippen molar-refractivity contribution in [3.05, 3.63) is 29.6 Å². The van der Waals surface area contributed by atoms with Crippen molar-refractivity contribution >= 4 is 0 Å². The van der Waals surface area contributed by atoms with Crippen molar-refractivity contribution in [2.45, 2.75) is 33.2 Å². The molecule has 0 fully saturated rings. The van der Waals surface area contributed by atoms with Crippen LogP contribution in [-0.4, -0.2) is 11.5 Å². The molecule has 0 amide bonds. The molecule has 13 heavy (non-hydrogen) atoms. The molecule has 72 valence electrons. The van der Waals surface area contributed by atoms with E-state index in [9.17, 15) is 0 Å². The average molecular weight is 178 g/mol. The van der Waals surface area contributed by atoms with Crippen LogP contribution in [0, 0.1) is 0 Å². The largest absolute Gasteiger partial charge is 0.311 e. The normalized spacial score (nSPS) is 10.3. The van der Waals surface area contributed by atoms with Crippen molar-refractivity contribution in [1.29, 1.82) is 0 Å². The third-order valence-electron chi connectivity index (χ3n) is 2.08. The Morgan fingerprint density at radius 2 is 2.23 bits per heavy atom. The number of hydrogen-bond donors (Lipinski definition) is 1. The average Bonchev–Trinajstić information content (AvgIpc) is 2.19. The zero-order valence-electron chi connectivity index (χ0n) is 8.51. The first-order valence-corrected chi connectivity index (χ1v) is 5.02. The Kier molecular flexibility index (Phi) is 4.47. The Morgan fingerprint density at radius 3 is 2.92 bits per heavy atom. The van der Waals surface area contributed by atoms with E-state index >= 15 is 0 Å². The molecule has 1 heterocycles. The standard InChI is InChI=1S/C11H18N2/c1-3-7-12-9-11-10(4-2)6-5-8-13-11/h5-6,8,12H,3-4,7,9H2,1-2H3. The van der Waals surface area contributed by atoms with E-state index < -0.39 is 0 Å². The smallest absolute Gasteiger partial charge is 0.0573 e. The molecule has 2 heteroatoms. The van der Waals surface area contributed by atoms with Crippen LogP contribution in [0.2, 0.25) is 0 Å². The highest BCUT2D eigenvalue weighted by molar-refractivity contribution is 5.19. The Hall–Kier alpha value is -0.890. The van der Waals surface area contributed by atoms with Crippen molar-refractivity contribution in [2.24, 2.45) is 0 Å². The molecule has 1 N–H and O–H groups in total. The van der Waals surface area contributed by atoms with Crippen LogP contribution in [0.3, 0.4) is 0 Å². The summed E-state index contributed by atoms with van der Waals surface area (Å²) in [5, 5.41) is 3.36. The molecule has 0 unspecified atom stereocenters. The summed E-state index contributed by atoms with van der Waals surface area (Å²) in [6.07, 6.45) is 4.10. The van der Waals surface area contributed by atoms with Gasteiger partial charge in [-0.1, -0.05) is 19.9 Å². The summed E-state index contributed by atoms with van der Waals surface area (Å²) in [7, 11) is 0. The number of nitrogens with one attached hydrogen (secondary N) is 1. The molecule has 0 saturated carbocycles. The minimum atomic E-state index is 0.901. The highest BCUT2D eigenvalue weighted by Crippen LogP contribution is 2.05. The van der Waals surface area contributed by atoms with Gasteiger partial charge >= 0.3 is 0 Å². The van der Waals surface area contributed by atoms with Gasteiger partial charge in [0.2, 0.25) is 0 Å². The van der Waals surface area contributed by atoms with Gasteiger partial charge in [-0.05, 0) is 31.0 Å². The zero-order valence-corrected chi connectivity index (χ0v) is 8.51. The SMILES string of the molecule is CCCNCc1ncccc1CC. The van der Waals surface area contributed by atoms with Gasteiger partial charge in [-0.2, -0.15) is 0 Å². The van der Waals surface area contributed by atoms with E-state index in [0.717, 1.165) is 19.5 Å². The molecular formula is C11H18N2. The van der Waals surface area contributed by atoms with Crippen LogP contribution in [0.1, 0.15) is 31.5 Å². The summed E-state index contributed by atoms with van der Waals surface area (Å²) in [6, 6.07) is 4.15. The van der Waals surface area contributed by atoms with Gasteiger partial charge < -0.3 is 5.32 Å². The molecule has 2 nitrogen and oxygen atoms in total. The second-order valence-electron chi connectivity index (χ2n) is 3.14. The maximum atomic E-state index is 4.36. The van der Waals surface area contributed by atoms with E-state index in [2.05, 4.69) is 30.2 Å². The van der Waals surface area contributed by atoms with Crippen molar-refractivity contribution in [1.82, 2.24) is 10.3 Å². The summed E-state index contributed by atoms with van der Waals surface area (Å²) in [5.41, 5.74) is 2.55. The van der Waals surface area contributed by atoms with E-state index in [1.165, 1.54) is 17.7 Å². The van der Waals surface area contributed by atoms with Gasteiger partial charge in [-0.3, -0.25) is 4.98 Å². The first-order chi connectivity index (χ1) is 6.38. The van der Waals surface area contributed by atoms with Gasteiger partial charge in [0.25, 0.3) is 0 Å². The van der Waals surface area contributed by atoms with Gasteiger partial charge in [0, 0.05) is 12.7 Å². The molecule has 0 saturated heterocycles. The number of aromatic nitrogens is 1. The second-order valence-corrected chi connectivity index (χ2v) is 3.14. The zero-order chi connectivity index (χ0) is 9.52. The van der Waals surface area contributed by atoms with E-state index in [0.29, 0.717) is 0 Å². The fourth-order valence-electron chi connectivity index (χ4n) is 1.34. The quantitative estimate of drug-likeness (QED) is 0.699. The lowest BCUT2D eigenvalue weighted by Gasteiger charge is -2.06. The molecule has 0 aliphatic carbocycles. The third-order valence-corrected chi connectivity index (χ3v) is 2.08. The van der Waals surface area contributed by atoms with Crippen molar-refractivity contribution in [3.8, 4) is 0 Å². The lowest BCUT2D eigenvalue weighted by molar-refractivity contribution is 0.659. The number of aryl methyl sites for hydroxylation is 1. The van der Waals surface area contributed by atoms with E-state index in [-0.39, 0.29) is 0 Å². The molecular weight excluding hydrogens is 160 g/mol. The minimum absolute atomic E-state index is 0.901. The van der Waals surface area contributed by atoms with Crippen LogP contribution in [0.4, 0.5) is 0 Å². The highest BCUT2D eigenvalue weighted by atomic mass is 14.9. The number of rotatable bonds is 5. The number of pyridine rings is 1. The fraction of sp³-hybridized carbons (Fsp3) is 0.545. The predicted octanol–water partition coefficient (Wildman–Crippen LogP) is 2.14. The first-order valence-electron chi connectivity index (χ1n) is 5.02. The molecule has 0 spiro atoms. The topological polar surface area (TPSA) is 24.9 Å². The summed E-state index contributed by atoms with van der Waals surface area (Å²) < 4.78 is 0. The lowest BCUT2D eigenvalue weighted by Crippen LogP contribution is -2.16. The molecule has 0 aliphatic rings. The molecule has 0 radical (unpaired) electrons. The van der Waals surface area contributed by atoms with Gasteiger partial charge in [0.1, 0.15) is 0 Å². The van der Waals surface area contributed by atoms with Gasteiger partial charge in [0.15, 0.2) is 0 Å². The van der Waals surface area contributed by atoms with Gasteiger partial charge in [-0.25, -0.2) is 0 Å². The van der Waals surface area contributed by atoms with Crippen LogP contribution in [0.25, 0.3) is 0 Å². The molecule has 1 aromatic heterocycles. The molecule has 0 aromatic carbocycles. The van der Waals surface area contributed by atoms with Gasteiger partial charge in [-0.15, -0.1) is 0 Å². The fourth-order valence-corrected chi connectivity index (χ4v) is 1.34. The van der Waals surface area contributed by atoms with Crippen molar-refractivity contribution in [3.63, 3.8) is 0 Å². The first kappa shape index (κ1) is 10.2. The summed E-state index contributed by atoms with van der Waals surface area (Å²) in [4.78, 5) is 4.36. The minimum Gasteiger partial charge on any atom is -0.311 e.